The number of aromatic nitrogens is 3. The molecule has 5 nitrogen and oxygen atoms in total. The fourth-order valence-electron chi connectivity index (χ4n) is 1.65. The maximum atomic E-state index is 5.52. The lowest BCUT2D eigenvalue weighted by Crippen LogP contribution is -2.05. The van der Waals surface area contributed by atoms with Gasteiger partial charge in [-0.15, -0.1) is 0 Å². The molecule has 0 aromatic carbocycles. The molecule has 0 aliphatic heterocycles. The van der Waals surface area contributed by atoms with E-state index in [1.165, 1.54) is 5.57 Å². The average Bonchev–Trinajstić information content (AvgIpc) is 2.74. The van der Waals surface area contributed by atoms with Gasteiger partial charge in [-0.2, -0.15) is 5.10 Å². The summed E-state index contributed by atoms with van der Waals surface area (Å²) in [6.45, 7) is 4.34. The number of aryl methyl sites for hydroxylation is 1. The molecule has 2 N–H and O–H groups in total. The lowest BCUT2D eigenvalue weighted by atomic mass is 10.1. The average molecular weight is 238 g/mol. The Balaban J connectivity index is 2.75. The van der Waals surface area contributed by atoms with Crippen LogP contribution < -0.4 is 5.73 Å². The minimum Gasteiger partial charge on any atom is -0.380 e. The van der Waals surface area contributed by atoms with Crippen LogP contribution in [-0.2, 0) is 11.3 Å². The van der Waals surface area contributed by atoms with E-state index in [0.29, 0.717) is 13.2 Å². The molecule has 0 fully saturated rings. The first-order chi connectivity index (χ1) is 8.31. The van der Waals surface area contributed by atoms with E-state index in [-0.39, 0.29) is 0 Å². The number of hydrogen-bond acceptors (Lipinski definition) is 4. The van der Waals surface area contributed by atoms with Crippen LogP contribution >= 0.6 is 0 Å². The van der Waals surface area contributed by atoms with Crippen molar-refractivity contribution in [1.82, 2.24) is 14.8 Å². The number of hydrogen-bond donors (Lipinski definition) is 1. The molecule has 0 saturated heterocycles. The van der Waals surface area contributed by atoms with Crippen molar-refractivity contribution in [2.75, 3.05) is 20.3 Å². The van der Waals surface area contributed by atoms with Crippen LogP contribution in [0, 0.1) is 0 Å². The molecule has 0 radical (unpaired) electrons. The molecule has 1 heterocycles. The Morgan fingerprint density at radius 3 is 3.06 bits per heavy atom. The van der Waals surface area contributed by atoms with Gasteiger partial charge in [0.05, 0.1) is 6.61 Å². The second-order valence-corrected chi connectivity index (χ2v) is 3.97. The van der Waals surface area contributed by atoms with Crippen molar-refractivity contribution < 1.29 is 4.74 Å². The minimum absolute atomic E-state index is 0.624. The fourth-order valence-corrected chi connectivity index (χ4v) is 1.65. The van der Waals surface area contributed by atoms with E-state index in [1.807, 2.05) is 4.68 Å². The normalized spacial score (nSPS) is 12.1. The topological polar surface area (TPSA) is 66.0 Å². The van der Waals surface area contributed by atoms with Crippen molar-refractivity contribution in [3.8, 4) is 0 Å². The third-order valence-corrected chi connectivity index (χ3v) is 2.45. The predicted octanol–water partition coefficient (Wildman–Crippen LogP) is 1.46. The SMILES string of the molecule is CCCn1ncnc1/C=C(/CCCN)COC. The summed E-state index contributed by atoms with van der Waals surface area (Å²) in [7, 11) is 1.70. The Bertz CT molecular complexity index is 346. The Hall–Kier alpha value is -1.20. The van der Waals surface area contributed by atoms with Crippen LogP contribution in [0.1, 0.15) is 32.0 Å². The maximum absolute atomic E-state index is 5.52. The van der Waals surface area contributed by atoms with Gasteiger partial charge in [0, 0.05) is 13.7 Å². The van der Waals surface area contributed by atoms with E-state index in [2.05, 4.69) is 23.1 Å². The van der Waals surface area contributed by atoms with Gasteiger partial charge in [-0.1, -0.05) is 6.92 Å². The summed E-state index contributed by atoms with van der Waals surface area (Å²) in [5.74, 6) is 0.899. The van der Waals surface area contributed by atoms with Gasteiger partial charge < -0.3 is 10.5 Å². The zero-order valence-corrected chi connectivity index (χ0v) is 10.7. The lowest BCUT2D eigenvalue weighted by molar-refractivity contribution is 0.223. The zero-order valence-electron chi connectivity index (χ0n) is 10.7. The molecule has 0 bridgehead atoms. The van der Waals surface area contributed by atoms with Gasteiger partial charge in [-0.3, -0.25) is 0 Å². The van der Waals surface area contributed by atoms with E-state index in [4.69, 9.17) is 10.5 Å². The molecule has 96 valence electrons. The fraction of sp³-hybridized carbons (Fsp3) is 0.667. The van der Waals surface area contributed by atoms with Gasteiger partial charge >= 0.3 is 0 Å². The van der Waals surface area contributed by atoms with Gasteiger partial charge in [0.2, 0.25) is 0 Å². The van der Waals surface area contributed by atoms with Crippen molar-refractivity contribution in [2.24, 2.45) is 5.73 Å². The zero-order chi connectivity index (χ0) is 12.5. The van der Waals surface area contributed by atoms with E-state index in [9.17, 15) is 0 Å². The minimum atomic E-state index is 0.624. The van der Waals surface area contributed by atoms with Gasteiger partial charge in [-0.05, 0) is 37.5 Å². The molecule has 1 aromatic rings. The summed E-state index contributed by atoms with van der Waals surface area (Å²) >= 11 is 0. The molecular formula is C12H22N4O. The van der Waals surface area contributed by atoms with Crippen molar-refractivity contribution in [2.45, 2.75) is 32.7 Å². The van der Waals surface area contributed by atoms with Crippen LogP contribution in [0.3, 0.4) is 0 Å². The molecule has 1 rings (SSSR count). The summed E-state index contributed by atoms with van der Waals surface area (Å²) in [6.07, 6.45) is 6.61. The third-order valence-electron chi connectivity index (χ3n) is 2.45. The summed E-state index contributed by atoms with van der Waals surface area (Å²) < 4.78 is 7.10. The van der Waals surface area contributed by atoms with Gasteiger partial charge in [0.15, 0.2) is 5.82 Å². The standard InChI is InChI=1S/C12H22N4O/c1-3-7-16-12(14-10-15-16)8-11(9-17-2)5-4-6-13/h8,10H,3-7,9,13H2,1-2H3/b11-8-. The molecule has 17 heavy (non-hydrogen) atoms. The van der Waals surface area contributed by atoms with Gasteiger partial charge in [-0.25, -0.2) is 9.67 Å². The number of nitrogens with two attached hydrogens (primary N) is 1. The number of rotatable bonds is 8. The molecule has 0 saturated carbocycles. The molecule has 0 aliphatic carbocycles. The molecule has 0 amide bonds. The Morgan fingerprint density at radius 2 is 2.41 bits per heavy atom. The van der Waals surface area contributed by atoms with Crippen LogP contribution in [0.5, 0.6) is 0 Å². The summed E-state index contributed by atoms with van der Waals surface area (Å²) in [5, 5.41) is 4.19. The maximum Gasteiger partial charge on any atom is 0.150 e. The highest BCUT2D eigenvalue weighted by molar-refractivity contribution is 5.45. The first-order valence-corrected chi connectivity index (χ1v) is 6.08. The van der Waals surface area contributed by atoms with Gasteiger partial charge in [0.1, 0.15) is 6.33 Å². The second-order valence-electron chi connectivity index (χ2n) is 3.97. The molecule has 0 unspecified atom stereocenters. The highest BCUT2D eigenvalue weighted by Gasteiger charge is 2.03. The predicted molar refractivity (Wildman–Crippen MR) is 68.5 cm³/mol. The van der Waals surface area contributed by atoms with Crippen LogP contribution in [0.25, 0.3) is 6.08 Å². The number of methoxy groups -OCH3 is 1. The summed E-state index contributed by atoms with van der Waals surface area (Å²) in [6, 6.07) is 0. The summed E-state index contributed by atoms with van der Waals surface area (Å²) in [5.41, 5.74) is 6.73. The Labute approximate surface area is 103 Å². The smallest absolute Gasteiger partial charge is 0.150 e. The van der Waals surface area contributed by atoms with Crippen LogP contribution in [-0.4, -0.2) is 35.0 Å². The van der Waals surface area contributed by atoms with E-state index in [1.54, 1.807) is 13.4 Å². The molecule has 0 atom stereocenters. The second kappa shape index (κ2) is 7.97. The lowest BCUT2D eigenvalue weighted by Gasteiger charge is -2.06. The van der Waals surface area contributed by atoms with E-state index >= 15 is 0 Å². The van der Waals surface area contributed by atoms with E-state index in [0.717, 1.165) is 31.6 Å². The van der Waals surface area contributed by atoms with Crippen LogP contribution in [0.2, 0.25) is 0 Å². The molecule has 0 spiro atoms. The summed E-state index contributed by atoms with van der Waals surface area (Å²) in [4.78, 5) is 4.25. The first kappa shape index (κ1) is 13.9. The highest BCUT2D eigenvalue weighted by atomic mass is 16.5. The van der Waals surface area contributed by atoms with Crippen molar-refractivity contribution in [1.29, 1.82) is 0 Å². The largest absolute Gasteiger partial charge is 0.380 e. The number of nitrogens with zero attached hydrogens (tertiary/aromatic N) is 3. The number of ether oxygens (including phenoxy) is 1. The van der Waals surface area contributed by atoms with Crippen molar-refractivity contribution >= 4 is 6.08 Å². The monoisotopic (exact) mass is 238 g/mol. The highest BCUT2D eigenvalue weighted by Crippen LogP contribution is 2.10. The molecule has 1 aromatic heterocycles. The quantitative estimate of drug-likeness (QED) is 0.744. The third kappa shape index (κ3) is 4.66. The van der Waals surface area contributed by atoms with Crippen molar-refractivity contribution in [3.05, 3.63) is 17.7 Å². The van der Waals surface area contributed by atoms with Gasteiger partial charge in [0.25, 0.3) is 0 Å². The molecule has 0 aliphatic rings. The first-order valence-electron chi connectivity index (χ1n) is 6.08. The Morgan fingerprint density at radius 1 is 1.59 bits per heavy atom. The molecule has 5 heteroatoms. The van der Waals surface area contributed by atoms with Crippen LogP contribution in [0.4, 0.5) is 0 Å². The van der Waals surface area contributed by atoms with Crippen LogP contribution in [0.15, 0.2) is 11.9 Å². The molecular weight excluding hydrogens is 216 g/mol. The Kier molecular flexibility index (Phi) is 6.50. The van der Waals surface area contributed by atoms with Crippen molar-refractivity contribution in [3.63, 3.8) is 0 Å². The van der Waals surface area contributed by atoms with E-state index < -0.39 is 0 Å².